The zero-order chi connectivity index (χ0) is 18.9. The minimum atomic E-state index is -3.86. The van der Waals surface area contributed by atoms with Gasteiger partial charge in [-0.15, -0.1) is 0 Å². The fourth-order valence-electron chi connectivity index (χ4n) is 2.79. The Morgan fingerprint density at radius 2 is 1.73 bits per heavy atom. The van der Waals surface area contributed by atoms with Crippen LogP contribution < -0.4 is 9.62 Å². The molecule has 1 N–H and O–H groups in total. The van der Waals surface area contributed by atoms with E-state index >= 15 is 0 Å². The Kier molecular flexibility index (Phi) is 5.60. The van der Waals surface area contributed by atoms with E-state index in [1.807, 2.05) is 0 Å². The van der Waals surface area contributed by atoms with Gasteiger partial charge in [0.1, 0.15) is 4.90 Å². The number of nitrogens with zero attached hydrogens (tertiary/aromatic N) is 3. The molecule has 0 saturated carbocycles. The Hall–Kier alpha value is -1.57. The van der Waals surface area contributed by atoms with E-state index in [2.05, 4.69) is 26.5 Å². The number of halogens is 2. The summed E-state index contributed by atoms with van der Waals surface area (Å²) in [7, 11) is -3.86. The molecule has 3 rings (SSSR count). The molecule has 1 saturated heterocycles. The highest BCUT2D eigenvalue weighted by Gasteiger charge is 2.21. The molecular weight excluding hydrogens is 395 g/mol. The molecule has 26 heavy (non-hydrogen) atoms. The van der Waals surface area contributed by atoms with Gasteiger partial charge in [0.05, 0.1) is 23.1 Å². The average Bonchev–Trinajstić information content (AvgIpc) is 2.59. The van der Waals surface area contributed by atoms with E-state index in [4.69, 9.17) is 23.2 Å². The average molecular weight is 415 g/mol. The number of benzene rings is 1. The van der Waals surface area contributed by atoms with Crippen molar-refractivity contribution in [3.8, 4) is 0 Å². The predicted molar refractivity (Wildman–Crippen MR) is 105 cm³/mol. The number of aromatic nitrogens is 2. The third-order valence-electron chi connectivity index (χ3n) is 4.46. The number of anilines is 2. The number of sulfonamides is 1. The molecule has 0 radical (unpaired) electrons. The molecular formula is C17H20Cl2N4O2S. The molecule has 0 bridgehead atoms. The van der Waals surface area contributed by atoms with Gasteiger partial charge in [0.15, 0.2) is 0 Å². The first kappa shape index (κ1) is 19.2. The maximum absolute atomic E-state index is 12.6. The number of nitrogens with one attached hydrogen (secondary N) is 1. The van der Waals surface area contributed by atoms with Crippen LogP contribution in [-0.2, 0) is 10.0 Å². The highest BCUT2D eigenvalue weighted by atomic mass is 35.5. The second kappa shape index (κ2) is 7.58. The van der Waals surface area contributed by atoms with E-state index in [1.165, 1.54) is 24.5 Å². The molecule has 2 aromatic rings. The van der Waals surface area contributed by atoms with E-state index in [-0.39, 0.29) is 15.6 Å². The van der Waals surface area contributed by atoms with Crippen LogP contribution in [0.25, 0.3) is 0 Å². The Bertz CT molecular complexity index is 896. The Morgan fingerprint density at radius 3 is 2.35 bits per heavy atom. The van der Waals surface area contributed by atoms with Gasteiger partial charge in [-0.3, -0.25) is 4.72 Å². The van der Waals surface area contributed by atoms with Crippen LogP contribution in [0.4, 0.5) is 11.6 Å². The van der Waals surface area contributed by atoms with Gasteiger partial charge in [-0.2, -0.15) is 0 Å². The minimum absolute atomic E-state index is 0.0323. The molecule has 9 heteroatoms. The van der Waals surface area contributed by atoms with Crippen molar-refractivity contribution in [2.75, 3.05) is 22.7 Å². The minimum Gasteiger partial charge on any atom is -0.341 e. The topological polar surface area (TPSA) is 75.2 Å². The lowest BCUT2D eigenvalue weighted by atomic mass is 10.00. The number of hydrogen-bond donors (Lipinski definition) is 1. The van der Waals surface area contributed by atoms with Gasteiger partial charge in [-0.05, 0) is 43.4 Å². The lowest BCUT2D eigenvalue weighted by Crippen LogP contribution is -2.34. The van der Waals surface area contributed by atoms with Crippen molar-refractivity contribution in [2.45, 2.75) is 31.6 Å². The van der Waals surface area contributed by atoms with Gasteiger partial charge in [-0.1, -0.05) is 30.1 Å². The second-order valence-electron chi connectivity index (χ2n) is 6.58. The van der Waals surface area contributed by atoms with Gasteiger partial charge in [0.2, 0.25) is 5.95 Å². The quantitative estimate of drug-likeness (QED) is 0.813. The molecule has 0 aliphatic carbocycles. The Labute approximate surface area is 163 Å². The number of hydrogen-bond acceptors (Lipinski definition) is 5. The molecule has 0 spiro atoms. The van der Waals surface area contributed by atoms with Gasteiger partial charge in [0.25, 0.3) is 10.0 Å². The smallest absolute Gasteiger partial charge is 0.263 e. The van der Waals surface area contributed by atoms with Gasteiger partial charge in [-0.25, -0.2) is 18.4 Å². The van der Waals surface area contributed by atoms with E-state index in [1.54, 1.807) is 6.92 Å². The molecule has 6 nitrogen and oxygen atoms in total. The van der Waals surface area contributed by atoms with Crippen molar-refractivity contribution < 1.29 is 8.42 Å². The summed E-state index contributed by atoms with van der Waals surface area (Å²) in [5.41, 5.74) is 0.908. The fraction of sp³-hybridized carbons (Fsp3) is 0.412. The van der Waals surface area contributed by atoms with Crippen molar-refractivity contribution in [3.05, 3.63) is 40.1 Å². The standard InChI is InChI=1S/C17H20Cl2N4O2S/c1-11-3-5-23(6-4-11)17-20-9-13(10-21-17)22-26(24,25)16-7-12(2)14(18)8-15(16)19/h7-11,22H,3-6H2,1-2H3. The maximum Gasteiger partial charge on any atom is 0.263 e. The van der Waals surface area contributed by atoms with Crippen LogP contribution in [0, 0.1) is 12.8 Å². The van der Waals surface area contributed by atoms with E-state index in [0.717, 1.165) is 25.9 Å². The van der Waals surface area contributed by atoms with E-state index < -0.39 is 10.0 Å². The van der Waals surface area contributed by atoms with Crippen molar-refractivity contribution in [1.29, 1.82) is 0 Å². The highest BCUT2D eigenvalue weighted by molar-refractivity contribution is 7.92. The van der Waals surface area contributed by atoms with Gasteiger partial charge >= 0.3 is 0 Å². The lowest BCUT2D eigenvalue weighted by molar-refractivity contribution is 0.434. The van der Waals surface area contributed by atoms with Gasteiger partial charge in [0, 0.05) is 18.1 Å². The zero-order valence-corrected chi connectivity index (χ0v) is 16.9. The summed E-state index contributed by atoms with van der Waals surface area (Å²) in [4.78, 5) is 10.7. The lowest BCUT2D eigenvalue weighted by Gasteiger charge is -2.30. The third-order valence-corrected chi connectivity index (χ3v) is 6.71. The SMILES string of the molecule is Cc1cc(S(=O)(=O)Nc2cnc(N3CCC(C)CC3)nc2)c(Cl)cc1Cl. The van der Waals surface area contributed by atoms with Gasteiger partial charge < -0.3 is 4.90 Å². The van der Waals surface area contributed by atoms with Crippen LogP contribution in [0.5, 0.6) is 0 Å². The van der Waals surface area contributed by atoms with Crippen molar-refractivity contribution in [3.63, 3.8) is 0 Å². The van der Waals surface area contributed by atoms with Crippen LogP contribution in [-0.4, -0.2) is 31.5 Å². The molecule has 2 heterocycles. The summed E-state index contributed by atoms with van der Waals surface area (Å²) < 4.78 is 27.7. The van der Waals surface area contributed by atoms with Crippen molar-refractivity contribution in [1.82, 2.24) is 9.97 Å². The predicted octanol–water partition coefficient (Wildman–Crippen LogP) is 4.13. The summed E-state index contributed by atoms with van der Waals surface area (Å²) in [5.74, 6) is 1.32. The number of aryl methyl sites for hydroxylation is 1. The normalized spacial score (nSPS) is 15.9. The first-order valence-electron chi connectivity index (χ1n) is 8.32. The number of rotatable bonds is 4. The highest BCUT2D eigenvalue weighted by Crippen LogP contribution is 2.29. The molecule has 1 aromatic heterocycles. The van der Waals surface area contributed by atoms with Crippen LogP contribution in [0.1, 0.15) is 25.3 Å². The molecule has 1 aliphatic heterocycles. The molecule has 0 unspecified atom stereocenters. The molecule has 0 amide bonds. The van der Waals surface area contributed by atoms with Crippen LogP contribution in [0.2, 0.25) is 10.0 Å². The Morgan fingerprint density at radius 1 is 1.12 bits per heavy atom. The van der Waals surface area contributed by atoms with Crippen LogP contribution in [0.3, 0.4) is 0 Å². The monoisotopic (exact) mass is 414 g/mol. The zero-order valence-electron chi connectivity index (χ0n) is 14.5. The second-order valence-corrected chi connectivity index (χ2v) is 9.04. The molecule has 1 aromatic carbocycles. The molecule has 140 valence electrons. The van der Waals surface area contributed by atoms with E-state index in [9.17, 15) is 8.42 Å². The third kappa shape index (κ3) is 4.22. The summed E-state index contributed by atoms with van der Waals surface area (Å²) in [6, 6.07) is 2.86. The first-order valence-corrected chi connectivity index (χ1v) is 10.6. The first-order chi connectivity index (χ1) is 12.3. The largest absolute Gasteiger partial charge is 0.341 e. The number of piperidine rings is 1. The molecule has 1 aliphatic rings. The maximum atomic E-state index is 12.6. The van der Waals surface area contributed by atoms with Crippen molar-refractivity contribution in [2.24, 2.45) is 5.92 Å². The summed E-state index contributed by atoms with van der Waals surface area (Å²) >= 11 is 12.0. The summed E-state index contributed by atoms with van der Waals surface area (Å²) in [6.07, 6.45) is 5.14. The molecule has 1 fully saturated rings. The van der Waals surface area contributed by atoms with Crippen molar-refractivity contribution >= 4 is 44.9 Å². The molecule has 0 atom stereocenters. The van der Waals surface area contributed by atoms with E-state index in [0.29, 0.717) is 22.5 Å². The summed E-state index contributed by atoms with van der Waals surface area (Å²) in [5, 5.41) is 0.477. The summed E-state index contributed by atoms with van der Waals surface area (Å²) in [6.45, 7) is 5.77. The van der Waals surface area contributed by atoms with Crippen LogP contribution >= 0.6 is 23.2 Å². The fourth-order valence-corrected chi connectivity index (χ4v) is 4.65. The Balaban J connectivity index is 1.77. The van der Waals surface area contributed by atoms with Crippen LogP contribution in [0.15, 0.2) is 29.4 Å².